The van der Waals surface area contributed by atoms with E-state index in [1.807, 2.05) is 0 Å². The van der Waals surface area contributed by atoms with Crippen LogP contribution in [0.1, 0.15) is 58.9 Å². The quantitative estimate of drug-likeness (QED) is 0.127. The van der Waals surface area contributed by atoms with Crippen LogP contribution in [0.15, 0.2) is 199 Å². The summed E-state index contributed by atoms with van der Waals surface area (Å²) < 4.78 is 0. The molecule has 0 fully saturated rings. The fourth-order valence-corrected chi connectivity index (χ4v) is 9.80. The minimum atomic E-state index is 0.152. The van der Waals surface area contributed by atoms with Crippen LogP contribution < -0.4 is 9.80 Å². The van der Waals surface area contributed by atoms with Crippen LogP contribution in [0, 0.1) is 11.8 Å². The van der Waals surface area contributed by atoms with Gasteiger partial charge in [-0.2, -0.15) is 0 Å². The van der Waals surface area contributed by atoms with E-state index in [-0.39, 0.29) is 6.04 Å². The van der Waals surface area contributed by atoms with Gasteiger partial charge in [-0.05, 0) is 117 Å². The second-order valence-electron chi connectivity index (χ2n) is 17.7. The Balaban J connectivity index is 1.33. The van der Waals surface area contributed by atoms with Crippen molar-refractivity contribution < 1.29 is 0 Å². The Morgan fingerprint density at radius 2 is 1.08 bits per heavy atom. The summed E-state index contributed by atoms with van der Waals surface area (Å²) in [4.78, 5) is 5.12. The molecule has 2 heteroatoms. The maximum absolute atomic E-state index is 2.60. The van der Waals surface area contributed by atoms with E-state index >= 15 is 0 Å². The zero-order chi connectivity index (χ0) is 41.6. The number of benzene rings is 8. The van der Waals surface area contributed by atoms with Crippen molar-refractivity contribution in [2.24, 2.45) is 11.8 Å². The largest absolute Gasteiger partial charge is 0.334 e. The molecule has 0 spiro atoms. The molecule has 10 rings (SSSR count). The Kier molecular flexibility index (Phi) is 10.2. The van der Waals surface area contributed by atoms with Gasteiger partial charge >= 0.3 is 0 Å². The van der Waals surface area contributed by atoms with E-state index in [9.17, 15) is 0 Å². The standard InChI is InChI=1S/C59H54N2/c1-39(2)42-24-28-47(29-25-42)60(46-21-13-8-14-22-46)56-37-54(44-17-9-6-10-18-44)50-33-35-53-57(38-55(45-19-11-7-12-20-45)51-32-34-52(56)58(50)59(51)53)61(49-23-15-16-41(5)36-49)48-30-26-43(27-31-48)40(3)4/h6-15,17-28,30-41,47H,16,29H2,1-5H3. The lowest BCUT2D eigenvalue weighted by Gasteiger charge is -2.35. The van der Waals surface area contributed by atoms with E-state index in [1.165, 1.54) is 94.2 Å². The molecule has 0 bridgehead atoms. The van der Waals surface area contributed by atoms with Gasteiger partial charge in [0, 0.05) is 38.6 Å². The molecule has 0 saturated heterocycles. The van der Waals surface area contributed by atoms with E-state index in [4.69, 9.17) is 0 Å². The van der Waals surface area contributed by atoms with Crippen LogP contribution in [0.3, 0.4) is 0 Å². The van der Waals surface area contributed by atoms with Gasteiger partial charge in [0.2, 0.25) is 0 Å². The van der Waals surface area contributed by atoms with E-state index in [0.29, 0.717) is 17.8 Å². The topological polar surface area (TPSA) is 6.48 Å². The lowest BCUT2D eigenvalue weighted by Crippen LogP contribution is -2.30. The summed E-state index contributed by atoms with van der Waals surface area (Å²) in [6, 6.07) is 57.0. The molecule has 0 radical (unpaired) electrons. The van der Waals surface area contributed by atoms with Crippen molar-refractivity contribution in [1.82, 2.24) is 0 Å². The number of allylic oxidation sites excluding steroid dienone is 5. The summed E-state index contributed by atoms with van der Waals surface area (Å²) in [6.45, 7) is 11.5. The van der Waals surface area contributed by atoms with Crippen LogP contribution >= 0.6 is 0 Å². The Morgan fingerprint density at radius 3 is 1.62 bits per heavy atom. The first-order valence-corrected chi connectivity index (χ1v) is 22.2. The zero-order valence-electron chi connectivity index (χ0n) is 36.0. The second-order valence-corrected chi connectivity index (χ2v) is 17.7. The fourth-order valence-electron chi connectivity index (χ4n) is 9.80. The molecule has 2 atom stereocenters. The Morgan fingerprint density at radius 1 is 0.525 bits per heavy atom. The molecular weight excluding hydrogens is 737 g/mol. The number of nitrogens with zero attached hydrogens (tertiary/aromatic N) is 2. The first-order valence-electron chi connectivity index (χ1n) is 22.2. The Labute approximate surface area is 361 Å². The molecule has 0 saturated carbocycles. The van der Waals surface area contributed by atoms with E-state index in [2.05, 4.69) is 233 Å². The van der Waals surface area contributed by atoms with Crippen LogP contribution in [0.2, 0.25) is 0 Å². The van der Waals surface area contributed by atoms with Crippen LogP contribution in [-0.4, -0.2) is 6.04 Å². The molecule has 8 aromatic rings. The molecule has 300 valence electrons. The summed E-state index contributed by atoms with van der Waals surface area (Å²) in [5.41, 5.74) is 13.7. The van der Waals surface area contributed by atoms with Gasteiger partial charge in [0.1, 0.15) is 0 Å². The molecule has 0 aliphatic heterocycles. The predicted molar refractivity (Wildman–Crippen MR) is 264 cm³/mol. The van der Waals surface area contributed by atoms with Crippen molar-refractivity contribution in [1.29, 1.82) is 0 Å². The van der Waals surface area contributed by atoms with Crippen LogP contribution in [0.25, 0.3) is 54.6 Å². The Bertz CT molecular complexity index is 2970. The van der Waals surface area contributed by atoms with Crippen molar-refractivity contribution in [3.63, 3.8) is 0 Å². The number of hydrogen-bond donors (Lipinski definition) is 0. The van der Waals surface area contributed by atoms with Gasteiger partial charge < -0.3 is 9.80 Å². The first kappa shape index (κ1) is 38.6. The van der Waals surface area contributed by atoms with Crippen LogP contribution in [0.4, 0.5) is 22.7 Å². The summed E-state index contributed by atoms with van der Waals surface area (Å²) in [5.74, 6) is 1.38. The maximum atomic E-state index is 2.60. The monoisotopic (exact) mass is 790 g/mol. The highest BCUT2D eigenvalue weighted by Crippen LogP contribution is 2.51. The van der Waals surface area contributed by atoms with E-state index < -0.39 is 0 Å². The summed E-state index contributed by atoms with van der Waals surface area (Å²) >= 11 is 0. The van der Waals surface area contributed by atoms with Gasteiger partial charge in [0.05, 0.1) is 17.4 Å². The molecule has 2 unspecified atom stereocenters. The first-order chi connectivity index (χ1) is 29.8. The number of anilines is 4. The van der Waals surface area contributed by atoms with Crippen LogP contribution in [0.5, 0.6) is 0 Å². The molecule has 0 heterocycles. The predicted octanol–water partition coefficient (Wildman–Crippen LogP) is 16.7. The van der Waals surface area contributed by atoms with Crippen molar-refractivity contribution in [2.75, 3.05) is 9.80 Å². The molecule has 2 nitrogen and oxygen atoms in total. The molecular formula is C59H54N2. The summed E-state index contributed by atoms with van der Waals surface area (Å²) in [5, 5.41) is 7.66. The molecule has 61 heavy (non-hydrogen) atoms. The SMILES string of the molecule is CC1C=C(N(c2ccc(C(C)C)cc2)c2cc(-c3ccccc3)c3ccc4c(N(c5ccccc5)C5C=CC(C(C)C)=CC5)cc(-c5ccccc5)c5ccc2c3c54)C=CC1. The highest BCUT2D eigenvalue weighted by atomic mass is 15.2. The van der Waals surface area contributed by atoms with Gasteiger partial charge in [0.15, 0.2) is 0 Å². The lowest BCUT2D eigenvalue weighted by atomic mass is 9.84. The average molecular weight is 791 g/mol. The van der Waals surface area contributed by atoms with Gasteiger partial charge in [-0.3, -0.25) is 0 Å². The smallest absolute Gasteiger partial charge is 0.0560 e. The molecule has 0 N–H and O–H groups in total. The van der Waals surface area contributed by atoms with Gasteiger partial charge in [-0.25, -0.2) is 0 Å². The number of rotatable bonds is 10. The van der Waals surface area contributed by atoms with Crippen molar-refractivity contribution in [3.05, 3.63) is 205 Å². The zero-order valence-corrected chi connectivity index (χ0v) is 36.0. The number of hydrogen-bond acceptors (Lipinski definition) is 2. The normalized spacial score (nSPS) is 16.5. The lowest BCUT2D eigenvalue weighted by molar-refractivity contribution is 0.726. The molecule has 8 aromatic carbocycles. The van der Waals surface area contributed by atoms with Gasteiger partial charge in [-0.1, -0.05) is 180 Å². The van der Waals surface area contributed by atoms with Crippen molar-refractivity contribution in [2.45, 2.75) is 59.4 Å². The fraction of sp³-hybridized carbons (Fsp3) is 0.186. The molecule has 2 aliphatic rings. The third kappa shape index (κ3) is 7.04. The minimum absolute atomic E-state index is 0.152. The third-order valence-corrected chi connectivity index (χ3v) is 13.0. The van der Waals surface area contributed by atoms with E-state index in [1.54, 1.807) is 0 Å². The molecule has 0 aromatic heterocycles. The van der Waals surface area contributed by atoms with Crippen LogP contribution in [-0.2, 0) is 0 Å². The molecule has 2 aliphatic carbocycles. The van der Waals surface area contributed by atoms with Gasteiger partial charge in [0.25, 0.3) is 0 Å². The second kappa shape index (κ2) is 16.1. The average Bonchev–Trinajstić information content (AvgIpc) is 3.30. The summed E-state index contributed by atoms with van der Waals surface area (Å²) in [6.07, 6.45) is 16.4. The van der Waals surface area contributed by atoms with Crippen molar-refractivity contribution >= 4 is 55.1 Å². The highest BCUT2D eigenvalue weighted by Gasteiger charge is 2.28. The molecule has 0 amide bonds. The maximum Gasteiger partial charge on any atom is 0.0560 e. The summed E-state index contributed by atoms with van der Waals surface area (Å²) in [7, 11) is 0. The third-order valence-electron chi connectivity index (χ3n) is 13.0. The van der Waals surface area contributed by atoms with E-state index in [0.717, 1.165) is 12.8 Å². The van der Waals surface area contributed by atoms with Gasteiger partial charge in [-0.15, -0.1) is 0 Å². The van der Waals surface area contributed by atoms with Crippen molar-refractivity contribution in [3.8, 4) is 22.3 Å². The highest BCUT2D eigenvalue weighted by molar-refractivity contribution is 6.32. The number of para-hydroxylation sites is 1. The minimum Gasteiger partial charge on any atom is -0.334 e. The Hall–Kier alpha value is -6.64.